The lowest BCUT2D eigenvalue weighted by atomic mass is 9.91. The van der Waals surface area contributed by atoms with Crippen molar-refractivity contribution in [2.75, 3.05) is 0 Å². The second kappa shape index (κ2) is 6.51. The van der Waals surface area contributed by atoms with Crippen molar-refractivity contribution in [3.8, 4) is 0 Å². The van der Waals surface area contributed by atoms with E-state index in [1.807, 2.05) is 23.1 Å². The summed E-state index contributed by atoms with van der Waals surface area (Å²) in [6.45, 7) is 4.39. The summed E-state index contributed by atoms with van der Waals surface area (Å²) < 4.78 is 5.33. The smallest absolute Gasteiger partial charge is 0.311 e. The molecule has 24 heavy (non-hydrogen) atoms. The van der Waals surface area contributed by atoms with Crippen LogP contribution < -0.4 is 0 Å². The zero-order valence-corrected chi connectivity index (χ0v) is 13.9. The van der Waals surface area contributed by atoms with Crippen LogP contribution in [0.25, 0.3) is 0 Å². The monoisotopic (exact) mass is 327 g/mol. The van der Waals surface area contributed by atoms with Crippen molar-refractivity contribution in [3.63, 3.8) is 0 Å². The molecular weight excluding hydrogens is 306 g/mol. The second-order valence-electron chi connectivity index (χ2n) is 6.26. The fraction of sp³-hybridized carbons (Fsp3) is 0.368. The number of hydrogen-bond acceptors (Lipinski definition) is 3. The third-order valence-electron chi connectivity index (χ3n) is 4.66. The lowest BCUT2D eigenvalue weighted by Crippen LogP contribution is -2.44. The van der Waals surface area contributed by atoms with Crippen LogP contribution in [-0.2, 0) is 24.2 Å². The second-order valence-corrected chi connectivity index (χ2v) is 6.26. The molecule has 1 aliphatic heterocycles. The molecule has 1 amide bonds. The van der Waals surface area contributed by atoms with E-state index < -0.39 is 5.97 Å². The number of aliphatic carboxylic acids is 1. The Bertz CT molecular complexity index is 777. The van der Waals surface area contributed by atoms with E-state index in [-0.39, 0.29) is 24.1 Å². The first kappa shape index (κ1) is 16.3. The Kier molecular flexibility index (Phi) is 4.42. The molecule has 126 valence electrons. The molecule has 0 radical (unpaired) electrons. The number of hydrogen-bond donors (Lipinski definition) is 1. The molecule has 0 aliphatic carbocycles. The summed E-state index contributed by atoms with van der Waals surface area (Å²) >= 11 is 0. The highest BCUT2D eigenvalue weighted by Gasteiger charge is 2.32. The number of aryl methyl sites for hydroxylation is 1. The van der Waals surface area contributed by atoms with Crippen molar-refractivity contribution in [2.24, 2.45) is 0 Å². The minimum Gasteiger partial charge on any atom is -0.481 e. The molecule has 0 spiro atoms. The van der Waals surface area contributed by atoms with Gasteiger partial charge in [0, 0.05) is 18.2 Å². The highest BCUT2D eigenvalue weighted by atomic mass is 16.4. The van der Waals surface area contributed by atoms with Crippen molar-refractivity contribution in [1.82, 2.24) is 4.90 Å². The van der Waals surface area contributed by atoms with E-state index >= 15 is 0 Å². The number of furan rings is 1. The first-order chi connectivity index (χ1) is 11.5. The molecule has 1 aliphatic rings. The molecular formula is C19H21NO4. The predicted octanol–water partition coefficient (Wildman–Crippen LogP) is 3.19. The summed E-state index contributed by atoms with van der Waals surface area (Å²) in [7, 11) is 0. The van der Waals surface area contributed by atoms with Crippen molar-refractivity contribution in [2.45, 2.75) is 45.7 Å². The SMILES string of the molecule is CCC1Cc2ccccc2CN1C(=O)c1c(C)coc1CC(=O)O. The summed E-state index contributed by atoms with van der Waals surface area (Å²) in [6, 6.07) is 8.26. The summed E-state index contributed by atoms with van der Waals surface area (Å²) in [5, 5.41) is 9.04. The van der Waals surface area contributed by atoms with Gasteiger partial charge in [-0.1, -0.05) is 31.2 Å². The molecule has 1 aromatic heterocycles. The van der Waals surface area contributed by atoms with Gasteiger partial charge in [0.25, 0.3) is 5.91 Å². The van der Waals surface area contributed by atoms with Crippen LogP contribution in [0, 0.1) is 6.92 Å². The van der Waals surface area contributed by atoms with E-state index in [2.05, 4.69) is 13.0 Å². The van der Waals surface area contributed by atoms with Crippen LogP contribution >= 0.6 is 0 Å². The molecule has 0 saturated heterocycles. The van der Waals surface area contributed by atoms with E-state index in [1.165, 1.54) is 11.8 Å². The highest BCUT2D eigenvalue weighted by Crippen LogP contribution is 2.28. The lowest BCUT2D eigenvalue weighted by Gasteiger charge is -2.36. The fourth-order valence-electron chi connectivity index (χ4n) is 3.39. The van der Waals surface area contributed by atoms with Crippen LogP contribution in [0.4, 0.5) is 0 Å². The highest BCUT2D eigenvalue weighted by molar-refractivity contribution is 5.97. The minimum absolute atomic E-state index is 0.111. The molecule has 1 atom stereocenters. The maximum atomic E-state index is 13.1. The van der Waals surface area contributed by atoms with Gasteiger partial charge in [0.2, 0.25) is 0 Å². The van der Waals surface area contributed by atoms with Crippen LogP contribution in [0.3, 0.4) is 0 Å². The normalized spacial score (nSPS) is 16.8. The number of carboxylic acid groups (broad SMARTS) is 1. The van der Waals surface area contributed by atoms with Gasteiger partial charge in [-0.2, -0.15) is 0 Å². The van der Waals surface area contributed by atoms with Crippen molar-refractivity contribution >= 4 is 11.9 Å². The number of carboxylic acids is 1. The van der Waals surface area contributed by atoms with Gasteiger partial charge in [-0.05, 0) is 30.9 Å². The van der Waals surface area contributed by atoms with Gasteiger partial charge in [-0.15, -0.1) is 0 Å². The van der Waals surface area contributed by atoms with Crippen LogP contribution in [0.2, 0.25) is 0 Å². The van der Waals surface area contributed by atoms with Crippen LogP contribution in [-0.4, -0.2) is 27.9 Å². The number of carbonyl (C=O) groups is 2. The van der Waals surface area contributed by atoms with Gasteiger partial charge in [-0.25, -0.2) is 0 Å². The average Bonchev–Trinajstić information content (AvgIpc) is 2.92. The minimum atomic E-state index is -1.01. The molecule has 5 nitrogen and oxygen atoms in total. The zero-order chi connectivity index (χ0) is 17.3. The molecule has 0 fully saturated rings. The third-order valence-corrected chi connectivity index (χ3v) is 4.66. The molecule has 1 aromatic carbocycles. The molecule has 1 unspecified atom stereocenters. The van der Waals surface area contributed by atoms with Gasteiger partial charge in [0.15, 0.2) is 0 Å². The molecule has 1 N–H and O–H groups in total. The Balaban J connectivity index is 1.95. The van der Waals surface area contributed by atoms with E-state index in [9.17, 15) is 9.59 Å². The lowest BCUT2D eigenvalue weighted by molar-refractivity contribution is -0.136. The average molecular weight is 327 g/mol. The largest absolute Gasteiger partial charge is 0.481 e. The van der Waals surface area contributed by atoms with Crippen LogP contribution in [0.1, 0.15) is 46.2 Å². The van der Waals surface area contributed by atoms with E-state index in [0.29, 0.717) is 17.7 Å². The Hall–Kier alpha value is -2.56. The van der Waals surface area contributed by atoms with Gasteiger partial charge < -0.3 is 14.4 Å². The molecule has 3 rings (SSSR count). The standard InChI is InChI=1S/C19H21NO4/c1-3-15-8-13-6-4-5-7-14(13)10-20(15)19(23)18-12(2)11-24-16(18)9-17(21)22/h4-7,11,15H,3,8-10H2,1-2H3,(H,21,22). The van der Waals surface area contributed by atoms with Crippen molar-refractivity contribution < 1.29 is 19.1 Å². The Morgan fingerprint density at radius 2 is 2.00 bits per heavy atom. The third kappa shape index (κ3) is 2.94. The zero-order valence-electron chi connectivity index (χ0n) is 13.9. The van der Waals surface area contributed by atoms with Crippen molar-refractivity contribution in [3.05, 3.63) is 58.5 Å². The number of carbonyl (C=O) groups excluding carboxylic acids is 1. The van der Waals surface area contributed by atoms with Gasteiger partial charge in [0.1, 0.15) is 12.2 Å². The number of nitrogens with zero attached hydrogens (tertiary/aromatic N) is 1. The maximum Gasteiger partial charge on any atom is 0.311 e. The number of fused-ring (bicyclic) bond motifs is 1. The molecule has 2 aromatic rings. The number of benzene rings is 1. The summed E-state index contributed by atoms with van der Waals surface area (Å²) in [6.07, 6.45) is 2.86. The van der Waals surface area contributed by atoms with Gasteiger partial charge >= 0.3 is 5.97 Å². The fourth-order valence-corrected chi connectivity index (χ4v) is 3.39. The van der Waals surface area contributed by atoms with E-state index in [0.717, 1.165) is 18.4 Å². The Morgan fingerprint density at radius 3 is 2.67 bits per heavy atom. The molecule has 5 heteroatoms. The molecule has 2 heterocycles. The van der Waals surface area contributed by atoms with Crippen molar-refractivity contribution in [1.29, 1.82) is 0 Å². The van der Waals surface area contributed by atoms with E-state index in [1.54, 1.807) is 6.92 Å². The van der Waals surface area contributed by atoms with Crippen LogP contribution in [0.15, 0.2) is 34.9 Å². The van der Waals surface area contributed by atoms with Gasteiger partial charge in [-0.3, -0.25) is 9.59 Å². The maximum absolute atomic E-state index is 13.1. The van der Waals surface area contributed by atoms with Gasteiger partial charge in [0.05, 0.1) is 11.8 Å². The Labute approximate surface area is 140 Å². The summed E-state index contributed by atoms with van der Waals surface area (Å²) in [5.41, 5.74) is 3.51. The summed E-state index contributed by atoms with van der Waals surface area (Å²) in [4.78, 5) is 26.0. The molecule has 0 bridgehead atoms. The summed E-state index contributed by atoms with van der Waals surface area (Å²) in [5.74, 6) is -0.910. The van der Waals surface area contributed by atoms with E-state index in [4.69, 9.17) is 9.52 Å². The predicted molar refractivity (Wildman–Crippen MR) is 88.9 cm³/mol. The number of rotatable bonds is 4. The van der Waals surface area contributed by atoms with Crippen LogP contribution in [0.5, 0.6) is 0 Å². The Morgan fingerprint density at radius 1 is 1.29 bits per heavy atom. The quantitative estimate of drug-likeness (QED) is 0.936. The number of amides is 1. The first-order valence-corrected chi connectivity index (χ1v) is 8.17. The first-order valence-electron chi connectivity index (χ1n) is 8.17. The topological polar surface area (TPSA) is 70.8 Å². The molecule has 0 saturated carbocycles.